The first-order chi connectivity index (χ1) is 11.8. The molecule has 0 atom stereocenters. The maximum atomic E-state index is 12.4. The van der Waals surface area contributed by atoms with Crippen LogP contribution >= 0.6 is 0 Å². The molecule has 2 aromatic heterocycles. The first-order valence-electron chi connectivity index (χ1n) is 7.70. The highest BCUT2D eigenvalue weighted by atomic mass is 16.4. The Hall–Kier alpha value is -3.40. The Bertz CT molecular complexity index is 1250. The molecule has 0 saturated heterocycles. The summed E-state index contributed by atoms with van der Waals surface area (Å²) in [6, 6.07) is 21.5. The van der Waals surface area contributed by atoms with E-state index in [0.717, 1.165) is 27.2 Å². The van der Waals surface area contributed by atoms with Crippen molar-refractivity contribution in [2.45, 2.75) is 0 Å². The Balaban J connectivity index is 1.80. The van der Waals surface area contributed by atoms with Crippen LogP contribution in [0.3, 0.4) is 0 Å². The maximum Gasteiger partial charge on any atom is 0.347 e. The molecular formula is C20H12N2O2. The molecule has 0 spiro atoms. The first-order valence-corrected chi connectivity index (χ1v) is 7.70. The smallest absolute Gasteiger partial charge is 0.347 e. The number of imidazole rings is 1. The quantitative estimate of drug-likeness (QED) is 0.366. The van der Waals surface area contributed by atoms with Gasteiger partial charge in [-0.25, -0.2) is 9.78 Å². The van der Waals surface area contributed by atoms with Gasteiger partial charge in [0, 0.05) is 5.39 Å². The zero-order chi connectivity index (χ0) is 16.1. The fourth-order valence-electron chi connectivity index (χ4n) is 3.05. The number of benzene rings is 3. The number of nitrogens with one attached hydrogen (secondary N) is 1. The van der Waals surface area contributed by atoms with Gasteiger partial charge < -0.3 is 9.40 Å². The van der Waals surface area contributed by atoms with Gasteiger partial charge in [-0.2, -0.15) is 0 Å². The summed E-state index contributed by atoms with van der Waals surface area (Å²) in [4.78, 5) is 20.1. The van der Waals surface area contributed by atoms with Crippen molar-refractivity contribution in [2.75, 3.05) is 0 Å². The molecule has 0 aliphatic carbocycles. The minimum atomic E-state index is -0.392. The van der Waals surface area contributed by atoms with Gasteiger partial charge in [0.1, 0.15) is 17.0 Å². The summed E-state index contributed by atoms with van der Waals surface area (Å²) in [5, 5.41) is 3.03. The third-order valence-electron chi connectivity index (χ3n) is 4.25. The molecule has 24 heavy (non-hydrogen) atoms. The normalized spacial score (nSPS) is 11.5. The van der Waals surface area contributed by atoms with Gasteiger partial charge in [0.25, 0.3) is 0 Å². The number of hydrogen-bond acceptors (Lipinski definition) is 3. The highest BCUT2D eigenvalue weighted by Crippen LogP contribution is 2.25. The van der Waals surface area contributed by atoms with Crippen molar-refractivity contribution < 1.29 is 4.42 Å². The number of H-pyrrole nitrogens is 1. The average Bonchev–Trinajstić information content (AvgIpc) is 3.03. The third kappa shape index (κ3) is 1.93. The van der Waals surface area contributed by atoms with Crippen LogP contribution in [0, 0.1) is 0 Å². The van der Waals surface area contributed by atoms with Crippen molar-refractivity contribution in [3.05, 3.63) is 77.2 Å². The van der Waals surface area contributed by atoms with Gasteiger partial charge in [0.05, 0.1) is 11.0 Å². The molecule has 3 aromatic carbocycles. The number of aromatic nitrogens is 2. The second-order valence-corrected chi connectivity index (χ2v) is 5.79. The number of nitrogens with zero attached hydrogens (tertiary/aromatic N) is 1. The van der Waals surface area contributed by atoms with E-state index in [2.05, 4.69) is 9.97 Å². The van der Waals surface area contributed by atoms with E-state index in [0.29, 0.717) is 17.0 Å². The van der Waals surface area contributed by atoms with Crippen molar-refractivity contribution in [3.8, 4) is 11.4 Å². The van der Waals surface area contributed by atoms with Crippen LogP contribution in [0.5, 0.6) is 0 Å². The van der Waals surface area contributed by atoms with E-state index in [1.165, 1.54) is 0 Å². The number of fused-ring (bicyclic) bond motifs is 3. The van der Waals surface area contributed by atoms with E-state index in [-0.39, 0.29) is 0 Å². The van der Waals surface area contributed by atoms with E-state index in [1.54, 1.807) is 0 Å². The minimum Gasteiger partial charge on any atom is -0.422 e. The molecule has 4 nitrogen and oxygen atoms in total. The number of hydrogen-bond donors (Lipinski definition) is 1. The predicted molar refractivity (Wildman–Crippen MR) is 95.1 cm³/mol. The van der Waals surface area contributed by atoms with Gasteiger partial charge in [-0.3, -0.25) is 0 Å². The molecule has 4 heteroatoms. The summed E-state index contributed by atoms with van der Waals surface area (Å²) >= 11 is 0. The van der Waals surface area contributed by atoms with Crippen LogP contribution in [-0.2, 0) is 0 Å². The minimum absolute atomic E-state index is 0.392. The Morgan fingerprint density at radius 1 is 0.833 bits per heavy atom. The van der Waals surface area contributed by atoms with Gasteiger partial charge in [-0.05, 0) is 41.1 Å². The molecular weight excluding hydrogens is 300 g/mol. The van der Waals surface area contributed by atoms with E-state index in [1.807, 2.05) is 66.7 Å². The van der Waals surface area contributed by atoms with Gasteiger partial charge in [-0.1, -0.05) is 36.4 Å². The van der Waals surface area contributed by atoms with Gasteiger partial charge in [0.15, 0.2) is 0 Å². The molecule has 0 aliphatic heterocycles. The lowest BCUT2D eigenvalue weighted by Gasteiger charge is -2.02. The molecule has 0 amide bonds. The summed E-state index contributed by atoms with van der Waals surface area (Å²) in [6.45, 7) is 0. The van der Waals surface area contributed by atoms with E-state index in [4.69, 9.17) is 4.42 Å². The van der Waals surface area contributed by atoms with Crippen LogP contribution in [0.1, 0.15) is 0 Å². The molecule has 114 valence electrons. The zero-order valence-corrected chi connectivity index (χ0v) is 12.6. The maximum absolute atomic E-state index is 12.4. The standard InChI is InChI=1S/C20H12N2O2/c23-20-15(19-21-16-7-3-4-8-17(16)22-19)10-14-9-12-5-1-2-6-13(12)11-18(14)24-20/h1-11H,(H,21,22). The molecule has 0 unspecified atom stereocenters. The Kier molecular flexibility index (Phi) is 2.61. The van der Waals surface area contributed by atoms with Crippen molar-refractivity contribution in [3.63, 3.8) is 0 Å². The van der Waals surface area contributed by atoms with Crippen LogP contribution in [-0.4, -0.2) is 9.97 Å². The highest BCUT2D eigenvalue weighted by molar-refractivity contribution is 5.96. The first kappa shape index (κ1) is 13.1. The van der Waals surface area contributed by atoms with Crippen LogP contribution in [0.25, 0.3) is 44.2 Å². The molecule has 5 rings (SSSR count). The Morgan fingerprint density at radius 3 is 2.42 bits per heavy atom. The molecule has 0 bridgehead atoms. The molecule has 0 fully saturated rings. The Morgan fingerprint density at radius 2 is 1.58 bits per heavy atom. The molecule has 0 radical (unpaired) electrons. The SMILES string of the molecule is O=c1oc2cc3ccccc3cc2cc1-c1nc2ccccc2[nH]1. The van der Waals surface area contributed by atoms with Crippen LogP contribution in [0.2, 0.25) is 0 Å². The highest BCUT2D eigenvalue weighted by Gasteiger charge is 2.12. The Labute approximate surface area is 136 Å². The fourth-order valence-corrected chi connectivity index (χ4v) is 3.05. The molecule has 5 aromatic rings. The lowest BCUT2D eigenvalue weighted by molar-refractivity contribution is 0.563. The second kappa shape index (κ2) is 4.80. The average molecular weight is 312 g/mol. The summed E-state index contributed by atoms with van der Waals surface area (Å²) in [6.07, 6.45) is 0. The number of para-hydroxylation sites is 2. The second-order valence-electron chi connectivity index (χ2n) is 5.79. The van der Waals surface area contributed by atoms with Crippen LogP contribution in [0.15, 0.2) is 75.9 Å². The number of aromatic amines is 1. The fraction of sp³-hybridized carbons (Fsp3) is 0. The van der Waals surface area contributed by atoms with Crippen molar-refractivity contribution in [1.29, 1.82) is 0 Å². The predicted octanol–water partition coefficient (Wildman–Crippen LogP) is 4.49. The van der Waals surface area contributed by atoms with Gasteiger partial charge in [-0.15, -0.1) is 0 Å². The van der Waals surface area contributed by atoms with Crippen LogP contribution < -0.4 is 5.63 Å². The zero-order valence-electron chi connectivity index (χ0n) is 12.6. The summed E-state index contributed by atoms with van der Waals surface area (Å²) in [7, 11) is 0. The van der Waals surface area contributed by atoms with Gasteiger partial charge in [0.2, 0.25) is 0 Å². The van der Waals surface area contributed by atoms with Crippen LogP contribution in [0.4, 0.5) is 0 Å². The summed E-state index contributed by atoms with van der Waals surface area (Å²) in [5.74, 6) is 0.528. The van der Waals surface area contributed by atoms with Crippen molar-refractivity contribution in [2.24, 2.45) is 0 Å². The lowest BCUT2D eigenvalue weighted by Crippen LogP contribution is -2.03. The van der Waals surface area contributed by atoms with Crippen molar-refractivity contribution >= 4 is 32.8 Å². The van der Waals surface area contributed by atoms with E-state index in [9.17, 15) is 4.79 Å². The molecule has 2 heterocycles. The summed E-state index contributed by atoms with van der Waals surface area (Å²) in [5.41, 5.74) is 2.35. The monoisotopic (exact) mass is 312 g/mol. The number of rotatable bonds is 1. The topological polar surface area (TPSA) is 58.9 Å². The largest absolute Gasteiger partial charge is 0.422 e. The van der Waals surface area contributed by atoms with Gasteiger partial charge >= 0.3 is 5.63 Å². The molecule has 0 saturated carbocycles. The third-order valence-corrected chi connectivity index (χ3v) is 4.25. The molecule has 1 N–H and O–H groups in total. The van der Waals surface area contributed by atoms with Crippen molar-refractivity contribution in [1.82, 2.24) is 9.97 Å². The lowest BCUT2D eigenvalue weighted by atomic mass is 10.1. The summed E-state index contributed by atoms with van der Waals surface area (Å²) < 4.78 is 5.54. The van der Waals surface area contributed by atoms with E-state index >= 15 is 0 Å². The molecule has 0 aliphatic rings. The van der Waals surface area contributed by atoms with E-state index < -0.39 is 5.63 Å².